The van der Waals surface area contributed by atoms with Gasteiger partial charge in [-0.2, -0.15) is 5.10 Å². The molecule has 0 bridgehead atoms. The molecule has 0 saturated carbocycles. The van der Waals surface area contributed by atoms with Gasteiger partial charge in [-0.15, -0.1) is 0 Å². The van der Waals surface area contributed by atoms with Gasteiger partial charge < -0.3 is 10.6 Å². The third kappa shape index (κ3) is 4.78. The smallest absolute Gasteiger partial charge is 0.308 e. The van der Waals surface area contributed by atoms with Crippen LogP contribution in [0, 0.1) is 6.92 Å². The lowest BCUT2D eigenvalue weighted by atomic mass is 10.0. The van der Waals surface area contributed by atoms with Gasteiger partial charge in [0.1, 0.15) is 0 Å². The fourth-order valence-electron chi connectivity index (χ4n) is 3.76. The van der Waals surface area contributed by atoms with E-state index in [1.165, 1.54) is 5.56 Å². The monoisotopic (exact) mass is 428 g/mol. The van der Waals surface area contributed by atoms with E-state index in [9.17, 15) is 4.79 Å². The van der Waals surface area contributed by atoms with Crippen LogP contribution in [0.2, 0.25) is 0 Å². The van der Waals surface area contributed by atoms with E-state index in [1.807, 2.05) is 49.4 Å². The van der Waals surface area contributed by atoms with Crippen molar-refractivity contribution < 1.29 is 4.79 Å². The van der Waals surface area contributed by atoms with Crippen LogP contribution in [-0.4, -0.2) is 39.2 Å². The lowest BCUT2D eigenvalue weighted by molar-refractivity contribution is 0.262. The molecule has 2 aromatic carbocycles. The van der Waals surface area contributed by atoms with Crippen LogP contribution < -0.4 is 10.6 Å². The predicted octanol–water partition coefficient (Wildman–Crippen LogP) is 5.42. The fourth-order valence-corrected chi connectivity index (χ4v) is 3.76. The van der Waals surface area contributed by atoms with Crippen molar-refractivity contribution in [2.45, 2.75) is 27.3 Å². The van der Waals surface area contributed by atoms with Gasteiger partial charge in [-0.05, 0) is 67.0 Å². The number of carbonyl (C=O) groups excluding carboxylic acids is 1. The molecule has 0 aliphatic rings. The Labute approximate surface area is 187 Å². The number of carbonyl (C=O) groups is 1. The zero-order valence-corrected chi connectivity index (χ0v) is 18.6. The number of aromatic amines is 1. The second kappa shape index (κ2) is 9.62. The Hall–Kier alpha value is -3.71. The molecule has 2 heterocycles. The minimum Gasteiger partial charge on any atom is -0.308 e. The molecular weight excluding hydrogens is 400 g/mol. The quantitative estimate of drug-likeness (QED) is 0.367. The number of nitrogens with one attached hydrogen (secondary N) is 3. The van der Waals surface area contributed by atoms with Crippen LogP contribution in [0.5, 0.6) is 0 Å². The van der Waals surface area contributed by atoms with Crippen LogP contribution in [0.3, 0.4) is 0 Å². The van der Waals surface area contributed by atoms with Gasteiger partial charge in [-0.1, -0.05) is 38.1 Å². The summed E-state index contributed by atoms with van der Waals surface area (Å²) in [6.45, 7) is 9.25. The number of nitrogens with zero attached hydrogens (tertiary/aromatic N) is 3. The average molecular weight is 429 g/mol. The first-order chi connectivity index (χ1) is 15.6. The summed E-state index contributed by atoms with van der Waals surface area (Å²) in [5, 5.41) is 14.0. The fraction of sp³-hybridized carbons (Fsp3) is 0.240. The highest BCUT2D eigenvalue weighted by molar-refractivity contribution is 6.00. The summed E-state index contributed by atoms with van der Waals surface area (Å²) in [4.78, 5) is 19.1. The van der Waals surface area contributed by atoms with Gasteiger partial charge in [0.15, 0.2) is 5.65 Å². The second-order valence-electron chi connectivity index (χ2n) is 7.72. The number of hydrogen-bond donors (Lipinski definition) is 3. The summed E-state index contributed by atoms with van der Waals surface area (Å²) in [5.41, 5.74) is 6.49. The van der Waals surface area contributed by atoms with E-state index in [-0.39, 0.29) is 6.03 Å². The summed E-state index contributed by atoms with van der Waals surface area (Å²) < 4.78 is 0. The van der Waals surface area contributed by atoms with Crippen LogP contribution in [0.15, 0.2) is 60.8 Å². The first-order valence-electron chi connectivity index (χ1n) is 10.9. The molecule has 3 N–H and O–H groups in total. The maximum absolute atomic E-state index is 12.4. The number of benzene rings is 2. The molecule has 0 saturated heterocycles. The Morgan fingerprint density at radius 3 is 2.19 bits per heavy atom. The van der Waals surface area contributed by atoms with E-state index < -0.39 is 0 Å². The third-order valence-corrected chi connectivity index (χ3v) is 5.60. The van der Waals surface area contributed by atoms with E-state index in [1.54, 1.807) is 6.20 Å². The summed E-state index contributed by atoms with van der Waals surface area (Å²) in [5.74, 6) is 0. The second-order valence-corrected chi connectivity index (χ2v) is 7.72. The van der Waals surface area contributed by atoms with Crippen molar-refractivity contribution in [1.82, 2.24) is 20.1 Å². The molecule has 2 aromatic heterocycles. The van der Waals surface area contributed by atoms with Crippen LogP contribution in [0.1, 0.15) is 25.1 Å². The molecule has 7 heteroatoms. The molecule has 0 atom stereocenters. The van der Waals surface area contributed by atoms with Crippen LogP contribution in [-0.2, 0) is 6.54 Å². The Morgan fingerprint density at radius 2 is 1.56 bits per heavy atom. The predicted molar refractivity (Wildman–Crippen MR) is 130 cm³/mol. The van der Waals surface area contributed by atoms with E-state index in [0.717, 1.165) is 53.2 Å². The molecule has 4 rings (SSSR count). The molecule has 0 fully saturated rings. The van der Waals surface area contributed by atoms with Crippen molar-refractivity contribution in [1.29, 1.82) is 0 Å². The Kier molecular flexibility index (Phi) is 6.47. The third-order valence-electron chi connectivity index (χ3n) is 5.60. The SMILES string of the molecule is CCN(CC)Cc1ccc(NC(=O)Nc2ccc(-c3ccnc4n[nH]c(C)c34)cc2)cc1. The largest absolute Gasteiger partial charge is 0.323 e. The molecular formula is C25H28N6O. The van der Waals surface area contributed by atoms with Crippen molar-refractivity contribution in [3.63, 3.8) is 0 Å². The molecule has 0 aliphatic heterocycles. The Balaban J connectivity index is 1.39. The van der Waals surface area contributed by atoms with E-state index in [0.29, 0.717) is 5.65 Å². The summed E-state index contributed by atoms with van der Waals surface area (Å²) in [6.07, 6.45) is 1.75. The summed E-state index contributed by atoms with van der Waals surface area (Å²) in [6, 6.07) is 17.4. The Morgan fingerprint density at radius 1 is 0.938 bits per heavy atom. The highest BCUT2D eigenvalue weighted by Crippen LogP contribution is 2.29. The number of aromatic nitrogens is 3. The van der Waals surface area contributed by atoms with Gasteiger partial charge in [0.25, 0.3) is 0 Å². The standard InChI is InChI=1S/C25H28N6O/c1-4-31(5-2)16-18-6-10-20(11-7-18)27-25(32)28-21-12-8-19(9-13-21)22-14-15-26-24-23(22)17(3)29-30-24/h6-15H,4-5,16H2,1-3H3,(H,26,29,30)(H2,27,28,32). The number of pyridine rings is 1. The first kappa shape index (κ1) is 21.5. The number of rotatable bonds is 7. The lowest BCUT2D eigenvalue weighted by Gasteiger charge is -2.18. The van der Waals surface area contributed by atoms with E-state index in [4.69, 9.17) is 0 Å². The van der Waals surface area contributed by atoms with Gasteiger partial charge in [-0.25, -0.2) is 9.78 Å². The van der Waals surface area contributed by atoms with Gasteiger partial charge in [0, 0.05) is 35.2 Å². The molecule has 4 aromatic rings. The number of H-pyrrole nitrogens is 1. The number of anilines is 2. The van der Waals surface area contributed by atoms with Crippen LogP contribution >= 0.6 is 0 Å². The normalized spacial score (nSPS) is 11.1. The molecule has 0 unspecified atom stereocenters. The first-order valence-corrected chi connectivity index (χ1v) is 10.9. The molecule has 0 radical (unpaired) electrons. The van der Waals surface area contributed by atoms with E-state index in [2.05, 4.69) is 56.7 Å². The number of aryl methyl sites for hydroxylation is 1. The highest BCUT2D eigenvalue weighted by atomic mass is 16.2. The van der Waals surface area contributed by atoms with Gasteiger partial charge >= 0.3 is 6.03 Å². The molecule has 2 amide bonds. The average Bonchev–Trinajstić information content (AvgIpc) is 3.20. The summed E-state index contributed by atoms with van der Waals surface area (Å²) >= 11 is 0. The molecule has 0 spiro atoms. The van der Waals surface area contributed by atoms with Gasteiger partial charge in [-0.3, -0.25) is 10.00 Å². The van der Waals surface area contributed by atoms with Crippen molar-refractivity contribution >= 4 is 28.4 Å². The van der Waals surface area contributed by atoms with Crippen molar-refractivity contribution in [3.8, 4) is 11.1 Å². The molecule has 32 heavy (non-hydrogen) atoms. The Bertz CT molecular complexity index is 1190. The maximum atomic E-state index is 12.4. The number of urea groups is 1. The maximum Gasteiger partial charge on any atom is 0.323 e. The van der Waals surface area contributed by atoms with Crippen molar-refractivity contribution in [2.75, 3.05) is 23.7 Å². The minimum absolute atomic E-state index is 0.272. The summed E-state index contributed by atoms with van der Waals surface area (Å²) in [7, 11) is 0. The highest BCUT2D eigenvalue weighted by Gasteiger charge is 2.10. The zero-order chi connectivity index (χ0) is 22.5. The van der Waals surface area contributed by atoms with Crippen LogP contribution in [0.4, 0.5) is 16.2 Å². The van der Waals surface area contributed by atoms with E-state index >= 15 is 0 Å². The number of fused-ring (bicyclic) bond motifs is 1. The molecule has 7 nitrogen and oxygen atoms in total. The van der Waals surface area contributed by atoms with Gasteiger partial charge in [0.2, 0.25) is 0 Å². The molecule has 164 valence electrons. The van der Waals surface area contributed by atoms with Crippen molar-refractivity contribution in [3.05, 3.63) is 72.1 Å². The minimum atomic E-state index is -0.272. The molecule has 0 aliphatic carbocycles. The van der Waals surface area contributed by atoms with Crippen molar-refractivity contribution in [2.24, 2.45) is 0 Å². The van der Waals surface area contributed by atoms with Crippen LogP contribution in [0.25, 0.3) is 22.2 Å². The zero-order valence-electron chi connectivity index (χ0n) is 18.6. The van der Waals surface area contributed by atoms with Gasteiger partial charge in [0.05, 0.1) is 0 Å². The number of amides is 2. The number of hydrogen-bond acceptors (Lipinski definition) is 4. The lowest BCUT2D eigenvalue weighted by Crippen LogP contribution is -2.22. The topological polar surface area (TPSA) is 85.9 Å².